The van der Waals surface area contributed by atoms with Crippen LogP contribution < -0.4 is 10.1 Å². The second-order valence-electron chi connectivity index (χ2n) is 5.24. The fourth-order valence-corrected chi connectivity index (χ4v) is 2.41. The summed E-state index contributed by atoms with van der Waals surface area (Å²) in [4.78, 5) is 36.1. The maximum Gasteiger partial charge on any atom is 0.325 e. The van der Waals surface area contributed by atoms with E-state index in [0.29, 0.717) is 11.3 Å². The molecule has 0 aliphatic carbocycles. The van der Waals surface area contributed by atoms with Crippen LogP contribution >= 0.6 is 0 Å². The number of rotatable bonds is 6. The van der Waals surface area contributed by atoms with Crippen LogP contribution in [0.25, 0.3) is 0 Å². The topological polar surface area (TPSA) is 95.9 Å². The molecule has 7 nitrogen and oxygen atoms in total. The standard InChI is InChI=1S/C15H18N2O5/c1-15(10-5-7-11(22-2)8-6-10)13(20)17(14(21)16-15)9-3-4-12(18)19/h5-8H,3-4,9H2,1-2H3,(H,16,21)(H,18,19). The molecule has 1 aliphatic heterocycles. The first-order valence-corrected chi connectivity index (χ1v) is 6.89. The minimum absolute atomic E-state index is 0.0860. The molecule has 3 amide bonds. The third kappa shape index (κ3) is 2.88. The number of amides is 3. The van der Waals surface area contributed by atoms with Gasteiger partial charge in [0.1, 0.15) is 11.3 Å². The van der Waals surface area contributed by atoms with Gasteiger partial charge in [-0.2, -0.15) is 0 Å². The smallest absolute Gasteiger partial charge is 0.325 e. The quantitative estimate of drug-likeness (QED) is 0.773. The Morgan fingerprint density at radius 1 is 1.32 bits per heavy atom. The summed E-state index contributed by atoms with van der Waals surface area (Å²) in [5.74, 6) is -0.680. The van der Waals surface area contributed by atoms with Gasteiger partial charge in [0.05, 0.1) is 7.11 Å². The molecule has 7 heteroatoms. The molecule has 0 bridgehead atoms. The van der Waals surface area contributed by atoms with Gasteiger partial charge in [-0.25, -0.2) is 4.79 Å². The van der Waals surface area contributed by atoms with Crippen molar-refractivity contribution in [2.45, 2.75) is 25.3 Å². The third-order valence-corrected chi connectivity index (χ3v) is 3.71. The van der Waals surface area contributed by atoms with Crippen molar-refractivity contribution in [3.8, 4) is 5.75 Å². The largest absolute Gasteiger partial charge is 0.497 e. The number of hydrogen-bond donors (Lipinski definition) is 2. The number of imide groups is 1. The van der Waals surface area contributed by atoms with Gasteiger partial charge >= 0.3 is 12.0 Å². The van der Waals surface area contributed by atoms with Gasteiger partial charge in [-0.05, 0) is 31.0 Å². The molecular formula is C15H18N2O5. The molecule has 1 heterocycles. The molecule has 1 unspecified atom stereocenters. The van der Waals surface area contributed by atoms with Crippen LogP contribution in [0.2, 0.25) is 0 Å². The molecule has 22 heavy (non-hydrogen) atoms. The lowest BCUT2D eigenvalue weighted by Crippen LogP contribution is -2.41. The van der Waals surface area contributed by atoms with Crippen LogP contribution in [-0.4, -0.2) is 41.6 Å². The summed E-state index contributed by atoms with van der Waals surface area (Å²) in [7, 11) is 1.55. The summed E-state index contributed by atoms with van der Waals surface area (Å²) in [6.07, 6.45) is 0.142. The molecule has 1 aliphatic rings. The highest BCUT2D eigenvalue weighted by Crippen LogP contribution is 2.30. The van der Waals surface area contributed by atoms with E-state index in [1.807, 2.05) is 0 Å². The number of carboxylic acids is 1. The second-order valence-corrected chi connectivity index (χ2v) is 5.24. The Labute approximate surface area is 127 Å². The number of carbonyl (C=O) groups excluding carboxylic acids is 2. The van der Waals surface area contributed by atoms with Crippen LogP contribution in [0.5, 0.6) is 5.75 Å². The van der Waals surface area contributed by atoms with Gasteiger partial charge in [-0.1, -0.05) is 12.1 Å². The van der Waals surface area contributed by atoms with Crippen LogP contribution in [0.1, 0.15) is 25.3 Å². The van der Waals surface area contributed by atoms with E-state index in [-0.39, 0.29) is 25.3 Å². The molecule has 2 rings (SSSR count). The number of carboxylic acid groups (broad SMARTS) is 1. The van der Waals surface area contributed by atoms with Crippen LogP contribution in [0.4, 0.5) is 4.79 Å². The van der Waals surface area contributed by atoms with E-state index >= 15 is 0 Å². The van der Waals surface area contributed by atoms with E-state index < -0.39 is 17.5 Å². The molecule has 0 aromatic heterocycles. The van der Waals surface area contributed by atoms with E-state index in [2.05, 4.69) is 5.32 Å². The zero-order valence-corrected chi connectivity index (χ0v) is 12.5. The Morgan fingerprint density at radius 2 is 1.95 bits per heavy atom. The number of methoxy groups -OCH3 is 1. The monoisotopic (exact) mass is 306 g/mol. The highest BCUT2D eigenvalue weighted by Gasteiger charge is 2.48. The minimum Gasteiger partial charge on any atom is -0.497 e. The van der Waals surface area contributed by atoms with Gasteiger partial charge in [-0.15, -0.1) is 0 Å². The summed E-state index contributed by atoms with van der Waals surface area (Å²) in [5, 5.41) is 11.3. The lowest BCUT2D eigenvalue weighted by atomic mass is 9.92. The van der Waals surface area contributed by atoms with Crippen LogP contribution in [0.3, 0.4) is 0 Å². The average molecular weight is 306 g/mol. The van der Waals surface area contributed by atoms with Gasteiger partial charge in [0.2, 0.25) is 0 Å². The first-order chi connectivity index (χ1) is 10.4. The molecule has 1 fully saturated rings. The third-order valence-electron chi connectivity index (χ3n) is 3.71. The van der Waals surface area contributed by atoms with Crippen molar-refractivity contribution in [3.63, 3.8) is 0 Å². The number of hydrogen-bond acceptors (Lipinski definition) is 4. The molecule has 1 atom stereocenters. The number of carbonyl (C=O) groups is 3. The molecule has 0 radical (unpaired) electrons. The van der Waals surface area contributed by atoms with Crippen molar-refractivity contribution in [1.29, 1.82) is 0 Å². The number of benzene rings is 1. The van der Waals surface area contributed by atoms with Crippen molar-refractivity contribution in [2.75, 3.05) is 13.7 Å². The fourth-order valence-electron chi connectivity index (χ4n) is 2.41. The van der Waals surface area contributed by atoms with Gasteiger partial charge in [-0.3, -0.25) is 14.5 Å². The SMILES string of the molecule is COc1ccc(C2(C)NC(=O)N(CCCC(=O)O)C2=O)cc1. The summed E-state index contributed by atoms with van der Waals surface area (Å²) in [6.45, 7) is 1.72. The number of nitrogens with one attached hydrogen (secondary N) is 1. The highest BCUT2D eigenvalue weighted by molar-refractivity contribution is 6.07. The Morgan fingerprint density at radius 3 is 2.50 bits per heavy atom. The normalized spacial score (nSPS) is 20.9. The first-order valence-electron chi connectivity index (χ1n) is 6.89. The number of nitrogens with zero attached hydrogens (tertiary/aromatic N) is 1. The summed E-state index contributed by atoms with van der Waals surface area (Å²) < 4.78 is 5.07. The van der Waals surface area contributed by atoms with Crippen molar-refractivity contribution >= 4 is 17.9 Å². The maximum absolute atomic E-state index is 12.5. The lowest BCUT2D eigenvalue weighted by Gasteiger charge is -2.22. The van der Waals surface area contributed by atoms with E-state index in [1.165, 1.54) is 0 Å². The Bertz CT molecular complexity index is 598. The Kier molecular flexibility index (Phi) is 4.35. The van der Waals surface area contributed by atoms with Crippen molar-refractivity contribution < 1.29 is 24.2 Å². The number of ether oxygens (including phenoxy) is 1. The van der Waals surface area contributed by atoms with Gasteiger partial charge in [0.15, 0.2) is 0 Å². The van der Waals surface area contributed by atoms with E-state index in [0.717, 1.165) is 4.90 Å². The molecule has 0 saturated carbocycles. The molecular weight excluding hydrogens is 288 g/mol. The predicted molar refractivity (Wildman–Crippen MR) is 77.5 cm³/mol. The van der Waals surface area contributed by atoms with E-state index in [1.54, 1.807) is 38.3 Å². The van der Waals surface area contributed by atoms with Crippen molar-refractivity contribution in [3.05, 3.63) is 29.8 Å². The molecule has 0 spiro atoms. The average Bonchev–Trinajstić information content (AvgIpc) is 2.71. The van der Waals surface area contributed by atoms with Crippen LogP contribution in [0, 0.1) is 0 Å². The van der Waals surface area contributed by atoms with Crippen LogP contribution in [-0.2, 0) is 15.1 Å². The summed E-state index contributed by atoms with van der Waals surface area (Å²) >= 11 is 0. The minimum atomic E-state index is -1.15. The van der Waals surface area contributed by atoms with Gasteiger partial charge in [0.25, 0.3) is 5.91 Å². The molecule has 118 valence electrons. The van der Waals surface area contributed by atoms with Crippen LogP contribution in [0.15, 0.2) is 24.3 Å². The highest BCUT2D eigenvalue weighted by atomic mass is 16.5. The molecule has 1 aromatic carbocycles. The van der Waals surface area contributed by atoms with Crippen molar-refractivity contribution in [1.82, 2.24) is 10.2 Å². The van der Waals surface area contributed by atoms with Gasteiger partial charge in [0, 0.05) is 13.0 Å². The van der Waals surface area contributed by atoms with Gasteiger partial charge < -0.3 is 15.2 Å². The second kappa shape index (κ2) is 6.05. The molecule has 1 aromatic rings. The number of urea groups is 1. The zero-order chi connectivity index (χ0) is 16.3. The molecule has 2 N–H and O–H groups in total. The number of aliphatic carboxylic acids is 1. The first kappa shape index (κ1) is 15.8. The summed E-state index contributed by atoms with van der Waals surface area (Å²) in [5.41, 5.74) is -0.501. The Hall–Kier alpha value is -2.57. The van der Waals surface area contributed by atoms with E-state index in [4.69, 9.17) is 9.84 Å². The maximum atomic E-state index is 12.5. The van der Waals surface area contributed by atoms with Crippen molar-refractivity contribution in [2.24, 2.45) is 0 Å². The predicted octanol–water partition coefficient (Wildman–Crippen LogP) is 1.33. The lowest BCUT2D eigenvalue weighted by molar-refractivity contribution is -0.138. The summed E-state index contributed by atoms with van der Waals surface area (Å²) in [6, 6.07) is 6.36. The Balaban J connectivity index is 2.15. The van der Waals surface area contributed by atoms with E-state index in [9.17, 15) is 14.4 Å². The fraction of sp³-hybridized carbons (Fsp3) is 0.400. The molecule has 1 saturated heterocycles. The zero-order valence-electron chi connectivity index (χ0n) is 12.5.